The molecule has 3 rings (SSSR count). The van der Waals surface area contributed by atoms with E-state index < -0.39 is 8.07 Å². The van der Waals surface area contributed by atoms with Crippen LogP contribution in [0.15, 0.2) is 69.7 Å². The minimum absolute atomic E-state index is 0.118. The monoisotopic (exact) mass is 550 g/mol. The quantitative estimate of drug-likeness (QED) is 0.204. The molecule has 0 saturated carbocycles. The Morgan fingerprint density at radius 3 is 2.40 bits per heavy atom. The Hall–Kier alpha value is -2.84. The average Bonchev–Trinajstić information content (AvgIpc) is 2.88. The minimum atomic E-state index is -1.80. The van der Waals surface area contributed by atoms with Gasteiger partial charge >= 0.3 is 0 Å². The third kappa shape index (κ3) is 6.05. The van der Waals surface area contributed by atoms with Crippen LogP contribution in [0.25, 0.3) is 0 Å². The molecule has 1 aliphatic rings. The number of benzene rings is 2. The smallest absolute Gasteiger partial charge is 0.188 e. The number of ether oxygens (including phenoxy) is 3. The molecule has 0 unspecified atom stereocenters. The summed E-state index contributed by atoms with van der Waals surface area (Å²) in [5, 5.41) is 20.8. The maximum atomic E-state index is 9.71. The standard InChI is InChI=1S/C28H31BrN2O3Si/c1-32-19-34-28-26(33-2)15-13-21(27(28)29)11-10-20-12-14-24(16-25(20)22(17-30)18-31)35(3,4)23-8-6-5-7-9-23/h5-9,12-13,15,24H,10-11,14,16,19H2,1-4H3/t24-/m0/s1. The maximum Gasteiger partial charge on any atom is 0.188 e. The van der Waals surface area contributed by atoms with Gasteiger partial charge < -0.3 is 14.2 Å². The molecule has 2 aromatic rings. The van der Waals surface area contributed by atoms with E-state index in [9.17, 15) is 10.5 Å². The number of allylic oxidation sites excluding steroid dienone is 4. The van der Waals surface area contributed by atoms with Gasteiger partial charge in [0, 0.05) is 7.11 Å². The molecule has 0 bridgehead atoms. The van der Waals surface area contributed by atoms with Crippen molar-refractivity contribution in [1.82, 2.24) is 0 Å². The van der Waals surface area contributed by atoms with Crippen molar-refractivity contribution in [2.75, 3.05) is 21.0 Å². The summed E-state index contributed by atoms with van der Waals surface area (Å²) >= 11 is 3.67. The summed E-state index contributed by atoms with van der Waals surface area (Å²) in [6, 6.07) is 18.9. The first-order valence-corrected chi connectivity index (χ1v) is 15.5. The molecule has 2 aromatic carbocycles. The predicted molar refractivity (Wildman–Crippen MR) is 144 cm³/mol. The Kier molecular flexibility index (Phi) is 9.34. The second kappa shape index (κ2) is 12.2. The molecule has 0 saturated heterocycles. The van der Waals surface area contributed by atoms with Crippen molar-refractivity contribution in [2.24, 2.45) is 0 Å². The molecule has 1 aliphatic carbocycles. The van der Waals surface area contributed by atoms with Gasteiger partial charge in [-0.1, -0.05) is 60.8 Å². The van der Waals surface area contributed by atoms with E-state index >= 15 is 0 Å². The molecule has 0 N–H and O–H groups in total. The second-order valence-corrected chi connectivity index (χ2v) is 14.8. The number of nitrogens with zero attached hydrogens (tertiary/aromatic N) is 2. The van der Waals surface area contributed by atoms with Crippen molar-refractivity contribution in [1.29, 1.82) is 10.5 Å². The molecule has 182 valence electrons. The first-order valence-electron chi connectivity index (χ1n) is 11.6. The zero-order chi connectivity index (χ0) is 25.4. The fourth-order valence-corrected chi connectivity index (χ4v) is 8.24. The van der Waals surface area contributed by atoms with E-state index in [-0.39, 0.29) is 12.4 Å². The third-order valence-electron chi connectivity index (χ3n) is 6.90. The van der Waals surface area contributed by atoms with Crippen molar-refractivity contribution < 1.29 is 14.2 Å². The third-order valence-corrected chi connectivity index (χ3v) is 12.1. The van der Waals surface area contributed by atoms with Crippen LogP contribution in [0, 0.1) is 22.7 Å². The van der Waals surface area contributed by atoms with Gasteiger partial charge in [0.15, 0.2) is 18.3 Å². The molecule has 0 heterocycles. The normalized spacial score (nSPS) is 15.6. The van der Waals surface area contributed by atoms with Gasteiger partial charge in [-0.25, -0.2) is 0 Å². The summed E-state index contributed by atoms with van der Waals surface area (Å²) in [4.78, 5) is 0. The minimum Gasteiger partial charge on any atom is -0.493 e. The second-order valence-electron chi connectivity index (χ2n) is 9.15. The lowest BCUT2D eigenvalue weighted by molar-refractivity contribution is 0.0485. The number of rotatable bonds is 9. The molecule has 7 heteroatoms. The van der Waals surface area contributed by atoms with Crippen LogP contribution in [0.5, 0.6) is 11.5 Å². The Morgan fingerprint density at radius 2 is 1.77 bits per heavy atom. The molecule has 0 aliphatic heterocycles. The molecule has 0 aromatic heterocycles. The molecule has 0 radical (unpaired) electrons. The van der Waals surface area contributed by atoms with Crippen LogP contribution in [0.1, 0.15) is 24.8 Å². The average molecular weight is 552 g/mol. The van der Waals surface area contributed by atoms with E-state index in [1.165, 1.54) is 5.19 Å². The molecular formula is C28H31BrN2O3Si. The summed E-state index contributed by atoms with van der Waals surface area (Å²) < 4.78 is 17.0. The fraction of sp³-hybridized carbons (Fsp3) is 0.357. The largest absolute Gasteiger partial charge is 0.493 e. The van der Waals surface area contributed by atoms with Crippen LogP contribution in [0.2, 0.25) is 18.6 Å². The van der Waals surface area contributed by atoms with E-state index in [2.05, 4.69) is 71.5 Å². The summed E-state index contributed by atoms with van der Waals surface area (Å²) in [7, 11) is 1.38. The van der Waals surface area contributed by atoms with Gasteiger partial charge in [-0.05, 0) is 69.9 Å². The SMILES string of the molecule is COCOc1c(OC)ccc(CCC2=CC[C@H]([Si](C)(C)c3ccccc3)CC2=C(C#N)C#N)c1Br. The van der Waals surface area contributed by atoms with Gasteiger partial charge in [-0.2, -0.15) is 10.5 Å². The van der Waals surface area contributed by atoms with E-state index in [0.29, 0.717) is 17.0 Å². The molecule has 0 amide bonds. The van der Waals surface area contributed by atoms with E-state index in [1.54, 1.807) is 14.2 Å². The van der Waals surface area contributed by atoms with E-state index in [1.807, 2.05) is 18.2 Å². The number of hydrogen-bond donors (Lipinski definition) is 0. The van der Waals surface area contributed by atoms with Crippen molar-refractivity contribution >= 4 is 29.2 Å². The van der Waals surface area contributed by atoms with Crippen LogP contribution in [-0.4, -0.2) is 29.1 Å². The highest BCUT2D eigenvalue weighted by Crippen LogP contribution is 2.43. The predicted octanol–water partition coefficient (Wildman–Crippen LogP) is 6.42. The molecule has 1 atom stereocenters. The number of aryl methyl sites for hydroxylation is 1. The number of halogens is 1. The first-order chi connectivity index (χ1) is 16.9. The molecule has 5 nitrogen and oxygen atoms in total. The Balaban J connectivity index is 1.89. The lowest BCUT2D eigenvalue weighted by Gasteiger charge is -2.36. The highest BCUT2D eigenvalue weighted by molar-refractivity contribution is 9.10. The zero-order valence-electron chi connectivity index (χ0n) is 20.7. The topological polar surface area (TPSA) is 75.3 Å². The number of methoxy groups -OCH3 is 2. The summed E-state index contributed by atoms with van der Waals surface area (Å²) in [6.45, 7) is 4.89. The molecule has 0 spiro atoms. The van der Waals surface area contributed by atoms with Gasteiger partial charge in [0.05, 0.1) is 19.7 Å². The highest BCUT2D eigenvalue weighted by atomic mass is 79.9. The zero-order valence-corrected chi connectivity index (χ0v) is 23.3. The van der Waals surface area contributed by atoms with Crippen molar-refractivity contribution in [2.45, 2.75) is 44.3 Å². The fourth-order valence-electron chi connectivity index (χ4n) is 4.65. The Morgan fingerprint density at radius 1 is 1.06 bits per heavy atom. The molecule has 35 heavy (non-hydrogen) atoms. The maximum absolute atomic E-state index is 9.71. The van der Waals surface area contributed by atoms with Gasteiger partial charge in [0.1, 0.15) is 17.7 Å². The molecular weight excluding hydrogens is 520 g/mol. The van der Waals surface area contributed by atoms with Crippen LogP contribution in [0.3, 0.4) is 0 Å². The Labute approximate surface area is 217 Å². The van der Waals surface area contributed by atoms with E-state index in [0.717, 1.165) is 46.9 Å². The van der Waals surface area contributed by atoms with E-state index in [4.69, 9.17) is 14.2 Å². The van der Waals surface area contributed by atoms with Gasteiger partial charge in [0.2, 0.25) is 0 Å². The summed E-state index contributed by atoms with van der Waals surface area (Å²) in [5.41, 5.74) is 3.73. The molecule has 0 fully saturated rings. The Bertz CT molecular complexity index is 1180. The van der Waals surface area contributed by atoms with Crippen molar-refractivity contribution in [3.05, 3.63) is 75.3 Å². The van der Waals surface area contributed by atoms with Gasteiger partial charge in [0.25, 0.3) is 0 Å². The number of nitriles is 2. The van der Waals surface area contributed by atoms with Crippen LogP contribution in [-0.2, 0) is 11.2 Å². The van der Waals surface area contributed by atoms with Crippen LogP contribution in [0.4, 0.5) is 0 Å². The summed E-state index contributed by atoms with van der Waals surface area (Å²) in [5.74, 6) is 1.23. The van der Waals surface area contributed by atoms with Gasteiger partial charge in [-0.3, -0.25) is 0 Å². The van der Waals surface area contributed by atoms with Gasteiger partial charge in [-0.15, -0.1) is 0 Å². The summed E-state index contributed by atoms with van der Waals surface area (Å²) in [6.07, 6.45) is 5.45. The van der Waals surface area contributed by atoms with Crippen molar-refractivity contribution in [3.8, 4) is 23.6 Å². The number of hydrogen-bond acceptors (Lipinski definition) is 5. The highest BCUT2D eigenvalue weighted by Gasteiger charge is 2.36. The lowest BCUT2D eigenvalue weighted by atomic mass is 9.86. The van der Waals surface area contributed by atoms with Crippen molar-refractivity contribution in [3.63, 3.8) is 0 Å². The first kappa shape index (κ1) is 26.8. The lowest BCUT2D eigenvalue weighted by Crippen LogP contribution is -2.46. The van der Waals surface area contributed by atoms with Crippen LogP contribution >= 0.6 is 15.9 Å². The van der Waals surface area contributed by atoms with Crippen LogP contribution < -0.4 is 14.7 Å².